The van der Waals surface area contributed by atoms with E-state index in [4.69, 9.17) is 5.73 Å². The first-order chi connectivity index (χ1) is 7.91. The first-order valence-corrected chi connectivity index (χ1v) is 5.64. The van der Waals surface area contributed by atoms with Crippen molar-refractivity contribution < 1.29 is 10.0 Å². The number of aromatic hydroxyl groups is 1. The summed E-state index contributed by atoms with van der Waals surface area (Å²) in [5.74, 6) is 0.536. The van der Waals surface area contributed by atoms with Crippen LogP contribution in [0.15, 0.2) is 18.2 Å². The van der Waals surface area contributed by atoms with E-state index >= 15 is 0 Å². The molecule has 0 saturated heterocycles. The van der Waals surface area contributed by atoms with Gasteiger partial charge in [0.25, 0.3) is 5.69 Å². The molecule has 0 aromatic heterocycles. The lowest BCUT2D eigenvalue weighted by atomic mass is 9.97. The minimum Gasteiger partial charge on any atom is -0.508 e. The zero-order valence-electron chi connectivity index (χ0n) is 10.1. The van der Waals surface area contributed by atoms with Crippen LogP contribution in [0.3, 0.4) is 0 Å². The molecule has 1 atom stereocenters. The number of hydrogen-bond acceptors (Lipinski definition) is 4. The van der Waals surface area contributed by atoms with E-state index in [0.717, 1.165) is 6.42 Å². The molecule has 5 heteroatoms. The van der Waals surface area contributed by atoms with Gasteiger partial charge in [0.1, 0.15) is 5.75 Å². The molecule has 1 aromatic rings. The zero-order valence-corrected chi connectivity index (χ0v) is 10.1. The van der Waals surface area contributed by atoms with E-state index in [1.165, 1.54) is 18.2 Å². The maximum atomic E-state index is 10.6. The fraction of sp³-hybridized carbons (Fsp3) is 0.500. The third-order valence-electron chi connectivity index (χ3n) is 2.68. The Labute approximate surface area is 100 Å². The SMILES string of the molecule is CC(C)CC[C@H](N)c1cc([N+](=O)[O-])ccc1O. The lowest BCUT2D eigenvalue weighted by Crippen LogP contribution is -2.11. The van der Waals surface area contributed by atoms with Crippen molar-refractivity contribution in [1.29, 1.82) is 0 Å². The average Bonchev–Trinajstić information content (AvgIpc) is 2.26. The summed E-state index contributed by atoms with van der Waals surface area (Å²) in [6, 6.07) is 3.58. The maximum Gasteiger partial charge on any atom is 0.270 e. The summed E-state index contributed by atoms with van der Waals surface area (Å²) < 4.78 is 0. The molecule has 0 amide bonds. The predicted molar refractivity (Wildman–Crippen MR) is 65.8 cm³/mol. The summed E-state index contributed by atoms with van der Waals surface area (Å²) in [5.41, 5.74) is 6.33. The molecule has 3 N–H and O–H groups in total. The molecule has 17 heavy (non-hydrogen) atoms. The first-order valence-electron chi connectivity index (χ1n) is 5.64. The van der Waals surface area contributed by atoms with Crippen molar-refractivity contribution in [3.63, 3.8) is 0 Å². The van der Waals surface area contributed by atoms with Gasteiger partial charge in [-0.05, 0) is 24.8 Å². The Balaban J connectivity index is 2.87. The number of phenols is 1. The maximum absolute atomic E-state index is 10.6. The zero-order chi connectivity index (χ0) is 13.0. The van der Waals surface area contributed by atoms with Crippen LogP contribution >= 0.6 is 0 Å². The summed E-state index contributed by atoms with van der Waals surface area (Å²) in [5, 5.41) is 20.3. The van der Waals surface area contributed by atoms with Crippen molar-refractivity contribution in [3.05, 3.63) is 33.9 Å². The van der Waals surface area contributed by atoms with Crippen LogP contribution < -0.4 is 5.73 Å². The van der Waals surface area contributed by atoms with Crippen LogP contribution in [0.25, 0.3) is 0 Å². The number of nitro benzene ring substituents is 1. The molecular formula is C12H18N2O3. The largest absolute Gasteiger partial charge is 0.508 e. The fourth-order valence-corrected chi connectivity index (χ4v) is 1.62. The van der Waals surface area contributed by atoms with E-state index in [0.29, 0.717) is 17.9 Å². The van der Waals surface area contributed by atoms with Gasteiger partial charge in [-0.2, -0.15) is 0 Å². The average molecular weight is 238 g/mol. The third kappa shape index (κ3) is 3.71. The second-order valence-electron chi connectivity index (χ2n) is 4.58. The van der Waals surface area contributed by atoms with E-state index in [1.807, 2.05) is 0 Å². The highest BCUT2D eigenvalue weighted by atomic mass is 16.6. The van der Waals surface area contributed by atoms with Crippen molar-refractivity contribution in [2.75, 3.05) is 0 Å². The van der Waals surface area contributed by atoms with Crippen molar-refractivity contribution in [2.24, 2.45) is 11.7 Å². The molecule has 0 aliphatic rings. The number of nitro groups is 1. The highest BCUT2D eigenvalue weighted by molar-refractivity contribution is 5.44. The molecular weight excluding hydrogens is 220 g/mol. The number of nitrogens with two attached hydrogens (primary N) is 1. The lowest BCUT2D eigenvalue weighted by Gasteiger charge is -2.14. The van der Waals surface area contributed by atoms with Gasteiger partial charge in [0, 0.05) is 23.7 Å². The second kappa shape index (κ2) is 5.63. The van der Waals surface area contributed by atoms with E-state index in [9.17, 15) is 15.2 Å². The second-order valence-corrected chi connectivity index (χ2v) is 4.58. The van der Waals surface area contributed by atoms with Gasteiger partial charge in [-0.3, -0.25) is 10.1 Å². The van der Waals surface area contributed by atoms with Crippen LogP contribution in [0, 0.1) is 16.0 Å². The first kappa shape index (κ1) is 13.4. The van der Waals surface area contributed by atoms with E-state index < -0.39 is 4.92 Å². The summed E-state index contributed by atoms with van der Waals surface area (Å²) in [6.07, 6.45) is 1.62. The van der Waals surface area contributed by atoms with Crippen LogP contribution in [0.1, 0.15) is 38.3 Å². The molecule has 0 fully saturated rings. The summed E-state index contributed by atoms with van der Waals surface area (Å²) in [7, 11) is 0. The molecule has 0 spiro atoms. The summed E-state index contributed by atoms with van der Waals surface area (Å²) in [6.45, 7) is 4.17. The normalized spacial score (nSPS) is 12.7. The Morgan fingerprint density at radius 2 is 2.06 bits per heavy atom. The van der Waals surface area contributed by atoms with Gasteiger partial charge in [0.05, 0.1) is 4.92 Å². The molecule has 0 heterocycles. The van der Waals surface area contributed by atoms with Gasteiger partial charge < -0.3 is 10.8 Å². The number of phenolic OH excluding ortho intramolecular Hbond substituents is 1. The van der Waals surface area contributed by atoms with Crippen LogP contribution in [0.2, 0.25) is 0 Å². The van der Waals surface area contributed by atoms with Crippen molar-refractivity contribution in [1.82, 2.24) is 0 Å². The molecule has 1 aromatic carbocycles. The molecule has 1 rings (SSSR count). The van der Waals surface area contributed by atoms with Crippen molar-refractivity contribution in [2.45, 2.75) is 32.7 Å². The predicted octanol–water partition coefficient (Wildman–Crippen LogP) is 2.74. The van der Waals surface area contributed by atoms with Crippen LogP contribution in [-0.4, -0.2) is 10.0 Å². The molecule has 0 unspecified atom stereocenters. The quantitative estimate of drug-likeness (QED) is 0.609. The van der Waals surface area contributed by atoms with Gasteiger partial charge in [-0.1, -0.05) is 13.8 Å². The molecule has 0 aliphatic heterocycles. The van der Waals surface area contributed by atoms with Crippen molar-refractivity contribution >= 4 is 5.69 Å². The van der Waals surface area contributed by atoms with Gasteiger partial charge in [-0.15, -0.1) is 0 Å². The van der Waals surface area contributed by atoms with Gasteiger partial charge in [0.15, 0.2) is 0 Å². The third-order valence-corrected chi connectivity index (χ3v) is 2.68. The van der Waals surface area contributed by atoms with Crippen molar-refractivity contribution in [3.8, 4) is 5.75 Å². The number of rotatable bonds is 5. The fourth-order valence-electron chi connectivity index (χ4n) is 1.62. The molecule has 0 aliphatic carbocycles. The van der Waals surface area contributed by atoms with Gasteiger partial charge in [0.2, 0.25) is 0 Å². The molecule has 0 radical (unpaired) electrons. The minimum atomic E-state index is -0.488. The molecule has 5 nitrogen and oxygen atoms in total. The van der Waals surface area contributed by atoms with Gasteiger partial charge >= 0.3 is 0 Å². The monoisotopic (exact) mass is 238 g/mol. The Bertz CT molecular complexity index is 405. The Hall–Kier alpha value is -1.62. The Kier molecular flexibility index (Phi) is 4.45. The van der Waals surface area contributed by atoms with Crippen LogP contribution in [-0.2, 0) is 0 Å². The molecule has 0 saturated carbocycles. The lowest BCUT2D eigenvalue weighted by molar-refractivity contribution is -0.385. The number of benzene rings is 1. The Morgan fingerprint density at radius 3 is 2.59 bits per heavy atom. The van der Waals surface area contributed by atoms with Crippen LogP contribution in [0.5, 0.6) is 5.75 Å². The number of nitrogens with zero attached hydrogens (tertiary/aromatic N) is 1. The summed E-state index contributed by atoms with van der Waals surface area (Å²) >= 11 is 0. The summed E-state index contributed by atoms with van der Waals surface area (Å²) in [4.78, 5) is 10.1. The van der Waals surface area contributed by atoms with Gasteiger partial charge in [-0.25, -0.2) is 0 Å². The molecule has 94 valence electrons. The Morgan fingerprint density at radius 1 is 1.41 bits per heavy atom. The highest BCUT2D eigenvalue weighted by Gasteiger charge is 2.16. The molecule has 0 bridgehead atoms. The minimum absolute atomic E-state index is 0.0202. The van der Waals surface area contributed by atoms with E-state index in [2.05, 4.69) is 13.8 Å². The smallest absolute Gasteiger partial charge is 0.270 e. The van der Waals surface area contributed by atoms with E-state index in [1.54, 1.807) is 0 Å². The highest BCUT2D eigenvalue weighted by Crippen LogP contribution is 2.30. The number of hydrogen-bond donors (Lipinski definition) is 2. The van der Waals surface area contributed by atoms with E-state index in [-0.39, 0.29) is 17.5 Å². The topological polar surface area (TPSA) is 89.4 Å². The van der Waals surface area contributed by atoms with Crippen LogP contribution in [0.4, 0.5) is 5.69 Å². The standard InChI is InChI=1S/C12H18N2O3/c1-8(2)3-5-11(13)10-7-9(14(16)17)4-6-12(10)15/h4,6-8,11,15H,3,5,13H2,1-2H3/t11-/m0/s1. The number of non-ortho nitro benzene ring substituents is 1.